The molecule has 4 rings (SSSR count). The van der Waals surface area contributed by atoms with Gasteiger partial charge >= 0.3 is 0 Å². The fourth-order valence-electron chi connectivity index (χ4n) is 3.01. The first kappa shape index (κ1) is 14.3. The molecule has 0 aliphatic carbocycles. The first-order valence-electron chi connectivity index (χ1n) is 7.75. The average molecular weight is 310 g/mol. The molecule has 23 heavy (non-hydrogen) atoms. The summed E-state index contributed by atoms with van der Waals surface area (Å²) >= 11 is 0. The summed E-state index contributed by atoms with van der Waals surface area (Å²) < 4.78 is 11.3. The maximum absolute atomic E-state index is 5.78. The third-order valence-electron chi connectivity index (χ3n) is 4.13. The lowest BCUT2D eigenvalue weighted by atomic mass is 10.1. The highest BCUT2D eigenvalue weighted by Crippen LogP contribution is 2.24. The Hall–Kier alpha value is -2.31. The van der Waals surface area contributed by atoms with Gasteiger partial charge in [0.1, 0.15) is 6.10 Å². The molecular weight excluding hydrogens is 292 g/mol. The number of rotatable bonds is 3. The minimum absolute atomic E-state index is 0.151. The lowest BCUT2D eigenvalue weighted by Gasteiger charge is -2.31. The Kier molecular flexibility index (Phi) is 3.77. The Morgan fingerprint density at radius 3 is 3.09 bits per heavy atom. The maximum Gasteiger partial charge on any atom is 0.246 e. The molecule has 0 amide bonds. The van der Waals surface area contributed by atoms with Crippen LogP contribution in [0.2, 0.25) is 0 Å². The van der Waals surface area contributed by atoms with Crippen molar-refractivity contribution in [1.82, 2.24) is 20.1 Å². The molecule has 1 saturated heterocycles. The van der Waals surface area contributed by atoms with Crippen LogP contribution < -0.4 is 0 Å². The third-order valence-corrected chi connectivity index (χ3v) is 4.13. The number of fused-ring (bicyclic) bond motifs is 1. The van der Waals surface area contributed by atoms with Crippen molar-refractivity contribution in [3.63, 3.8) is 0 Å². The summed E-state index contributed by atoms with van der Waals surface area (Å²) in [6, 6.07) is 8.42. The van der Waals surface area contributed by atoms with E-state index in [2.05, 4.69) is 44.3 Å². The molecule has 1 aromatic carbocycles. The van der Waals surface area contributed by atoms with Crippen molar-refractivity contribution in [1.29, 1.82) is 0 Å². The molecule has 1 aliphatic heterocycles. The molecule has 1 fully saturated rings. The van der Waals surface area contributed by atoms with Crippen LogP contribution in [0.3, 0.4) is 0 Å². The summed E-state index contributed by atoms with van der Waals surface area (Å²) in [5.74, 6) is 1.14. The SMILES string of the molecule is Cc1nnc(C2CN(Cc3cccc4cnccc34)CCO2)o1. The first-order valence-corrected chi connectivity index (χ1v) is 7.75. The van der Waals surface area contributed by atoms with E-state index in [0.717, 1.165) is 19.6 Å². The largest absolute Gasteiger partial charge is 0.423 e. The third kappa shape index (κ3) is 2.95. The van der Waals surface area contributed by atoms with Gasteiger partial charge in [-0.3, -0.25) is 9.88 Å². The van der Waals surface area contributed by atoms with E-state index >= 15 is 0 Å². The van der Waals surface area contributed by atoms with Crippen molar-refractivity contribution >= 4 is 10.8 Å². The predicted molar refractivity (Wildman–Crippen MR) is 84.7 cm³/mol. The van der Waals surface area contributed by atoms with Gasteiger partial charge in [0, 0.05) is 44.3 Å². The molecule has 6 heteroatoms. The quantitative estimate of drug-likeness (QED) is 0.740. The van der Waals surface area contributed by atoms with Crippen LogP contribution in [-0.2, 0) is 11.3 Å². The molecule has 0 radical (unpaired) electrons. The van der Waals surface area contributed by atoms with Crippen LogP contribution in [0, 0.1) is 6.92 Å². The summed E-state index contributed by atoms with van der Waals surface area (Å²) in [5.41, 5.74) is 1.30. The monoisotopic (exact) mass is 310 g/mol. The highest BCUT2D eigenvalue weighted by molar-refractivity contribution is 5.84. The second kappa shape index (κ2) is 6.06. The van der Waals surface area contributed by atoms with Crippen LogP contribution in [-0.4, -0.2) is 39.8 Å². The molecule has 118 valence electrons. The van der Waals surface area contributed by atoms with Crippen LogP contribution in [0.1, 0.15) is 23.4 Å². The topological polar surface area (TPSA) is 64.3 Å². The highest BCUT2D eigenvalue weighted by Gasteiger charge is 2.26. The summed E-state index contributed by atoms with van der Waals surface area (Å²) in [4.78, 5) is 6.56. The molecule has 3 heterocycles. The normalized spacial score (nSPS) is 19.3. The van der Waals surface area contributed by atoms with E-state index in [9.17, 15) is 0 Å². The fraction of sp³-hybridized carbons (Fsp3) is 0.353. The van der Waals surface area contributed by atoms with Crippen molar-refractivity contribution in [3.05, 3.63) is 54.0 Å². The highest BCUT2D eigenvalue weighted by atomic mass is 16.5. The van der Waals surface area contributed by atoms with Gasteiger partial charge in [-0.15, -0.1) is 10.2 Å². The minimum Gasteiger partial charge on any atom is -0.423 e. The molecule has 0 saturated carbocycles. The van der Waals surface area contributed by atoms with Gasteiger partial charge in [-0.25, -0.2) is 0 Å². The molecule has 1 unspecified atom stereocenters. The average Bonchev–Trinajstić information content (AvgIpc) is 3.02. The van der Waals surface area contributed by atoms with Gasteiger partial charge in [0.15, 0.2) is 0 Å². The van der Waals surface area contributed by atoms with E-state index in [1.54, 1.807) is 6.92 Å². The van der Waals surface area contributed by atoms with Crippen molar-refractivity contribution in [2.24, 2.45) is 0 Å². The molecule has 3 aromatic rings. The lowest BCUT2D eigenvalue weighted by molar-refractivity contribution is -0.0456. The van der Waals surface area contributed by atoms with Gasteiger partial charge in [0.2, 0.25) is 11.8 Å². The van der Waals surface area contributed by atoms with Gasteiger partial charge in [0.05, 0.1) is 6.61 Å². The molecule has 1 aliphatic rings. The van der Waals surface area contributed by atoms with Crippen LogP contribution >= 0.6 is 0 Å². The van der Waals surface area contributed by atoms with Crippen LogP contribution in [0.5, 0.6) is 0 Å². The summed E-state index contributed by atoms with van der Waals surface area (Å²) in [6.45, 7) is 4.97. The van der Waals surface area contributed by atoms with Crippen LogP contribution in [0.4, 0.5) is 0 Å². The number of benzene rings is 1. The summed E-state index contributed by atoms with van der Waals surface area (Å²) in [6.07, 6.45) is 3.60. The zero-order valence-corrected chi connectivity index (χ0v) is 13.0. The Morgan fingerprint density at radius 1 is 1.26 bits per heavy atom. The zero-order valence-electron chi connectivity index (χ0n) is 13.0. The molecule has 0 spiro atoms. The van der Waals surface area contributed by atoms with Gasteiger partial charge < -0.3 is 9.15 Å². The van der Waals surface area contributed by atoms with E-state index in [1.165, 1.54) is 16.3 Å². The number of hydrogen-bond donors (Lipinski definition) is 0. The molecular formula is C17H18N4O2. The Balaban J connectivity index is 1.54. The van der Waals surface area contributed by atoms with Gasteiger partial charge in [-0.2, -0.15) is 0 Å². The number of aryl methyl sites for hydroxylation is 1. The van der Waals surface area contributed by atoms with Crippen molar-refractivity contribution in [3.8, 4) is 0 Å². The van der Waals surface area contributed by atoms with Crippen molar-refractivity contribution in [2.75, 3.05) is 19.7 Å². The van der Waals surface area contributed by atoms with E-state index in [-0.39, 0.29) is 6.10 Å². The Labute approximate surface area is 134 Å². The number of pyridine rings is 1. The molecule has 0 N–H and O–H groups in total. The van der Waals surface area contributed by atoms with E-state index in [0.29, 0.717) is 18.4 Å². The standard InChI is InChI=1S/C17H18N4O2/c1-12-19-20-17(23-12)16-11-21(7-8-22-16)10-14-4-2-3-13-9-18-6-5-15(13)14/h2-6,9,16H,7-8,10-11H2,1H3. The van der Waals surface area contributed by atoms with Gasteiger partial charge in [-0.05, 0) is 17.0 Å². The van der Waals surface area contributed by atoms with E-state index in [4.69, 9.17) is 9.15 Å². The smallest absolute Gasteiger partial charge is 0.246 e. The van der Waals surface area contributed by atoms with Gasteiger partial charge in [0.25, 0.3) is 0 Å². The Morgan fingerprint density at radius 2 is 2.22 bits per heavy atom. The number of aromatic nitrogens is 3. The molecule has 6 nitrogen and oxygen atoms in total. The maximum atomic E-state index is 5.78. The minimum atomic E-state index is -0.151. The van der Waals surface area contributed by atoms with Crippen LogP contribution in [0.25, 0.3) is 10.8 Å². The number of hydrogen-bond acceptors (Lipinski definition) is 6. The first-order chi connectivity index (χ1) is 11.3. The van der Waals surface area contributed by atoms with Crippen LogP contribution in [0.15, 0.2) is 41.1 Å². The molecule has 0 bridgehead atoms. The van der Waals surface area contributed by atoms with E-state index < -0.39 is 0 Å². The zero-order chi connectivity index (χ0) is 15.6. The summed E-state index contributed by atoms with van der Waals surface area (Å²) in [7, 11) is 0. The number of nitrogens with zero attached hydrogens (tertiary/aromatic N) is 4. The lowest BCUT2D eigenvalue weighted by Crippen LogP contribution is -2.38. The molecule has 1 atom stereocenters. The predicted octanol–water partition coefficient (Wildman–Crippen LogP) is 2.50. The summed E-state index contributed by atoms with van der Waals surface area (Å²) in [5, 5.41) is 10.4. The van der Waals surface area contributed by atoms with Gasteiger partial charge in [-0.1, -0.05) is 18.2 Å². The van der Waals surface area contributed by atoms with Crippen molar-refractivity contribution in [2.45, 2.75) is 19.6 Å². The molecule has 2 aromatic heterocycles. The Bertz CT molecular complexity index is 812. The van der Waals surface area contributed by atoms with E-state index in [1.807, 2.05) is 12.4 Å². The number of ether oxygens (including phenoxy) is 1. The second-order valence-corrected chi connectivity index (χ2v) is 5.77. The fourth-order valence-corrected chi connectivity index (χ4v) is 3.01. The second-order valence-electron chi connectivity index (χ2n) is 5.77. The number of morpholine rings is 1. The van der Waals surface area contributed by atoms with Crippen molar-refractivity contribution < 1.29 is 9.15 Å².